The van der Waals surface area contributed by atoms with Crippen LogP contribution in [0.25, 0.3) is 0 Å². The Morgan fingerprint density at radius 3 is 2.61 bits per heavy atom. The van der Waals surface area contributed by atoms with Crippen LogP contribution in [0.1, 0.15) is 25.2 Å². The lowest BCUT2D eigenvalue weighted by Crippen LogP contribution is -2.01. The van der Waals surface area contributed by atoms with Gasteiger partial charge in [-0.2, -0.15) is 0 Å². The molecule has 0 spiro atoms. The van der Waals surface area contributed by atoms with Gasteiger partial charge in [-0.25, -0.2) is 9.97 Å². The number of para-hydroxylation sites is 1. The van der Waals surface area contributed by atoms with E-state index in [9.17, 15) is 0 Å². The molecule has 0 aliphatic rings. The minimum atomic E-state index is 0.596. The molecule has 0 atom stereocenters. The Morgan fingerprint density at radius 2 is 1.94 bits per heavy atom. The maximum Gasteiger partial charge on any atom is 0.228 e. The van der Waals surface area contributed by atoms with E-state index in [2.05, 4.69) is 34.0 Å². The first-order valence-corrected chi connectivity index (χ1v) is 5.94. The van der Waals surface area contributed by atoms with Crippen LogP contribution in [0.2, 0.25) is 0 Å². The molecule has 18 heavy (non-hydrogen) atoms. The van der Waals surface area contributed by atoms with Crippen molar-refractivity contribution in [2.75, 3.05) is 5.32 Å². The van der Waals surface area contributed by atoms with Gasteiger partial charge in [0, 0.05) is 11.4 Å². The van der Waals surface area contributed by atoms with E-state index in [1.807, 2.05) is 36.4 Å². The summed E-state index contributed by atoms with van der Waals surface area (Å²) in [5.74, 6) is 6.42. The van der Waals surface area contributed by atoms with E-state index < -0.39 is 0 Å². The molecular formula is C15H15N3. The Balaban J connectivity index is 2.31. The summed E-state index contributed by atoms with van der Waals surface area (Å²) in [6.07, 6.45) is 0.865. The van der Waals surface area contributed by atoms with Gasteiger partial charge in [-0.3, -0.25) is 0 Å². The van der Waals surface area contributed by atoms with Gasteiger partial charge < -0.3 is 5.32 Å². The summed E-state index contributed by atoms with van der Waals surface area (Å²) in [6.45, 7) is 3.87. The number of nitrogens with one attached hydrogen (secondary N) is 1. The third-order valence-electron chi connectivity index (χ3n) is 2.42. The fourth-order valence-electron chi connectivity index (χ4n) is 1.58. The third kappa shape index (κ3) is 3.08. The molecule has 0 fully saturated rings. The molecule has 0 unspecified atom stereocenters. The smallest absolute Gasteiger partial charge is 0.228 e. The highest BCUT2D eigenvalue weighted by Gasteiger charge is 2.02. The lowest BCUT2D eigenvalue weighted by Gasteiger charge is -2.06. The molecule has 1 N–H and O–H groups in total. The van der Waals surface area contributed by atoms with Crippen LogP contribution in [0.3, 0.4) is 0 Å². The lowest BCUT2D eigenvalue weighted by atomic mass is 10.2. The van der Waals surface area contributed by atoms with Gasteiger partial charge in [0.15, 0.2) is 0 Å². The Labute approximate surface area is 107 Å². The molecule has 1 aromatic carbocycles. The van der Waals surface area contributed by atoms with Gasteiger partial charge in [0.2, 0.25) is 5.95 Å². The molecule has 2 rings (SSSR count). The summed E-state index contributed by atoms with van der Waals surface area (Å²) in [5.41, 5.74) is 2.71. The van der Waals surface area contributed by atoms with Gasteiger partial charge in [0.05, 0.1) is 0 Å². The number of rotatable bonds is 3. The van der Waals surface area contributed by atoms with Crippen LogP contribution in [-0.4, -0.2) is 9.97 Å². The summed E-state index contributed by atoms with van der Waals surface area (Å²) in [4.78, 5) is 8.81. The van der Waals surface area contributed by atoms with E-state index in [1.165, 1.54) is 0 Å². The van der Waals surface area contributed by atoms with Crippen molar-refractivity contribution in [2.24, 2.45) is 0 Å². The molecule has 0 amide bonds. The highest BCUT2D eigenvalue weighted by Crippen LogP contribution is 2.13. The number of nitrogens with zero attached hydrogens (tertiary/aromatic N) is 2. The van der Waals surface area contributed by atoms with Crippen LogP contribution in [0.5, 0.6) is 0 Å². The van der Waals surface area contributed by atoms with E-state index >= 15 is 0 Å². The summed E-state index contributed by atoms with van der Waals surface area (Å²) < 4.78 is 0. The predicted octanol–water partition coefficient (Wildman–Crippen LogP) is 3.15. The van der Waals surface area contributed by atoms with E-state index in [0.29, 0.717) is 5.95 Å². The highest BCUT2D eigenvalue weighted by atomic mass is 15.1. The van der Waals surface area contributed by atoms with Crippen LogP contribution in [0.15, 0.2) is 36.4 Å². The zero-order valence-electron chi connectivity index (χ0n) is 10.6. The quantitative estimate of drug-likeness (QED) is 0.833. The van der Waals surface area contributed by atoms with E-state index in [1.54, 1.807) is 6.92 Å². The standard InChI is InChI=1S/C15H15N3/c1-3-8-14-11-12(4-2)16-15(18-14)17-13-9-6-5-7-10-13/h5-7,9-11H,4H2,1-2H3,(H,16,17,18). The Morgan fingerprint density at radius 1 is 1.17 bits per heavy atom. The van der Waals surface area contributed by atoms with E-state index in [0.717, 1.165) is 23.5 Å². The fraction of sp³-hybridized carbons (Fsp3) is 0.200. The van der Waals surface area contributed by atoms with Crippen molar-refractivity contribution >= 4 is 11.6 Å². The molecule has 90 valence electrons. The van der Waals surface area contributed by atoms with Gasteiger partial charge in [-0.1, -0.05) is 31.0 Å². The van der Waals surface area contributed by atoms with Crippen molar-refractivity contribution in [3.8, 4) is 11.8 Å². The van der Waals surface area contributed by atoms with Crippen molar-refractivity contribution in [3.05, 3.63) is 47.8 Å². The van der Waals surface area contributed by atoms with Crippen molar-refractivity contribution in [3.63, 3.8) is 0 Å². The Bertz CT molecular complexity index is 580. The van der Waals surface area contributed by atoms with E-state index in [4.69, 9.17) is 0 Å². The zero-order valence-corrected chi connectivity index (χ0v) is 10.6. The Kier molecular flexibility index (Phi) is 3.93. The van der Waals surface area contributed by atoms with Crippen molar-refractivity contribution < 1.29 is 0 Å². The van der Waals surface area contributed by atoms with Gasteiger partial charge in [0.1, 0.15) is 5.69 Å². The molecule has 0 bridgehead atoms. The van der Waals surface area contributed by atoms with Crippen LogP contribution >= 0.6 is 0 Å². The first kappa shape index (κ1) is 12.1. The molecule has 1 aromatic heterocycles. The summed E-state index contributed by atoms with van der Waals surface area (Å²) >= 11 is 0. The zero-order chi connectivity index (χ0) is 12.8. The second kappa shape index (κ2) is 5.83. The normalized spacial score (nSPS) is 9.44. The molecule has 0 aliphatic carbocycles. The van der Waals surface area contributed by atoms with Crippen molar-refractivity contribution in [1.82, 2.24) is 9.97 Å². The second-order valence-electron chi connectivity index (χ2n) is 3.79. The van der Waals surface area contributed by atoms with Gasteiger partial charge >= 0.3 is 0 Å². The first-order chi connectivity index (χ1) is 8.81. The first-order valence-electron chi connectivity index (χ1n) is 5.94. The molecule has 0 saturated carbocycles. The SMILES string of the molecule is CC#Cc1cc(CC)nc(Nc2ccccc2)n1. The van der Waals surface area contributed by atoms with Gasteiger partial charge in [-0.05, 0) is 37.5 Å². The lowest BCUT2D eigenvalue weighted by molar-refractivity contribution is 0.997. The van der Waals surface area contributed by atoms with Crippen molar-refractivity contribution in [1.29, 1.82) is 0 Å². The molecule has 0 aliphatic heterocycles. The molecular weight excluding hydrogens is 222 g/mol. The number of benzene rings is 1. The summed E-state index contributed by atoms with van der Waals surface area (Å²) in [7, 11) is 0. The summed E-state index contributed by atoms with van der Waals surface area (Å²) in [5, 5.41) is 3.19. The Hall–Kier alpha value is -2.34. The van der Waals surface area contributed by atoms with Gasteiger partial charge in [0.25, 0.3) is 0 Å². The summed E-state index contributed by atoms with van der Waals surface area (Å²) in [6, 6.07) is 11.8. The molecule has 3 nitrogen and oxygen atoms in total. The fourth-order valence-corrected chi connectivity index (χ4v) is 1.58. The predicted molar refractivity (Wildman–Crippen MR) is 73.7 cm³/mol. The topological polar surface area (TPSA) is 37.8 Å². The average molecular weight is 237 g/mol. The minimum Gasteiger partial charge on any atom is -0.324 e. The van der Waals surface area contributed by atoms with Crippen LogP contribution in [0.4, 0.5) is 11.6 Å². The monoisotopic (exact) mass is 237 g/mol. The number of aryl methyl sites for hydroxylation is 1. The largest absolute Gasteiger partial charge is 0.324 e. The number of aromatic nitrogens is 2. The van der Waals surface area contributed by atoms with Crippen LogP contribution < -0.4 is 5.32 Å². The molecule has 0 saturated heterocycles. The van der Waals surface area contributed by atoms with E-state index in [-0.39, 0.29) is 0 Å². The number of hydrogen-bond acceptors (Lipinski definition) is 3. The van der Waals surface area contributed by atoms with Crippen LogP contribution in [-0.2, 0) is 6.42 Å². The molecule has 0 radical (unpaired) electrons. The van der Waals surface area contributed by atoms with Crippen LogP contribution in [0, 0.1) is 11.8 Å². The molecule has 2 aromatic rings. The average Bonchev–Trinajstić information content (AvgIpc) is 2.40. The van der Waals surface area contributed by atoms with Gasteiger partial charge in [-0.15, -0.1) is 0 Å². The number of anilines is 2. The minimum absolute atomic E-state index is 0.596. The third-order valence-corrected chi connectivity index (χ3v) is 2.42. The maximum absolute atomic E-state index is 4.44. The highest BCUT2D eigenvalue weighted by molar-refractivity contribution is 5.53. The van der Waals surface area contributed by atoms with Crippen molar-refractivity contribution in [2.45, 2.75) is 20.3 Å². The second-order valence-corrected chi connectivity index (χ2v) is 3.79. The molecule has 1 heterocycles. The number of hydrogen-bond donors (Lipinski definition) is 1. The molecule has 3 heteroatoms. The maximum atomic E-state index is 4.44.